The summed E-state index contributed by atoms with van der Waals surface area (Å²) in [6.45, 7) is 6.47. The van der Waals surface area contributed by atoms with E-state index in [1.54, 1.807) is 0 Å². The summed E-state index contributed by atoms with van der Waals surface area (Å²) in [6, 6.07) is 0. The van der Waals surface area contributed by atoms with Gasteiger partial charge in [-0.25, -0.2) is 0 Å². The Balaban J connectivity index is 3.99. The van der Waals surface area contributed by atoms with Crippen LogP contribution < -0.4 is 0 Å². The van der Waals surface area contributed by atoms with Crippen LogP contribution in [-0.2, 0) is 28.6 Å². The van der Waals surface area contributed by atoms with E-state index in [0.717, 1.165) is 103 Å². The molecule has 0 aliphatic heterocycles. The lowest BCUT2D eigenvalue weighted by molar-refractivity contribution is -0.167. The Morgan fingerprint density at radius 2 is 0.494 bits per heavy atom. The fourth-order valence-corrected chi connectivity index (χ4v) is 9.80. The first-order chi connectivity index (χ1) is 39.0. The lowest BCUT2D eigenvalue weighted by Crippen LogP contribution is -2.30. The third kappa shape index (κ3) is 65.3. The van der Waals surface area contributed by atoms with Crippen LogP contribution in [0.15, 0.2) is 85.1 Å². The van der Waals surface area contributed by atoms with Crippen molar-refractivity contribution in [2.45, 2.75) is 348 Å². The third-order valence-corrected chi connectivity index (χ3v) is 14.9. The summed E-state index contributed by atoms with van der Waals surface area (Å²) in [7, 11) is 0. The number of carbonyl (C=O) groups is 3. The van der Waals surface area contributed by atoms with Gasteiger partial charge in [-0.1, -0.05) is 311 Å². The zero-order valence-electron chi connectivity index (χ0n) is 52.4. The minimum Gasteiger partial charge on any atom is -0.462 e. The minimum atomic E-state index is -0.774. The molecule has 0 aromatic heterocycles. The normalized spacial score (nSPS) is 12.6. The van der Waals surface area contributed by atoms with Crippen LogP contribution in [0.25, 0.3) is 0 Å². The van der Waals surface area contributed by atoms with E-state index in [1.807, 2.05) is 0 Å². The summed E-state index contributed by atoms with van der Waals surface area (Å²) in [6.07, 6.45) is 89.4. The second kappa shape index (κ2) is 67.1. The maximum atomic E-state index is 12.9. The zero-order valence-corrected chi connectivity index (χ0v) is 52.4. The predicted octanol–water partition coefficient (Wildman–Crippen LogP) is 23.4. The highest BCUT2D eigenvalue weighted by Gasteiger charge is 2.19. The molecule has 0 rings (SSSR count). The summed E-state index contributed by atoms with van der Waals surface area (Å²) < 4.78 is 16.8. The number of hydrogen-bond acceptors (Lipinski definition) is 6. The molecule has 0 fully saturated rings. The van der Waals surface area contributed by atoms with Crippen molar-refractivity contribution in [1.82, 2.24) is 0 Å². The average Bonchev–Trinajstić information content (AvgIpc) is 3.45. The summed E-state index contributed by atoms with van der Waals surface area (Å²) in [5, 5.41) is 0. The number of allylic oxidation sites excluding steroid dienone is 14. The molecule has 6 nitrogen and oxygen atoms in total. The molecule has 79 heavy (non-hydrogen) atoms. The van der Waals surface area contributed by atoms with E-state index in [9.17, 15) is 14.4 Å². The van der Waals surface area contributed by atoms with E-state index in [4.69, 9.17) is 14.2 Å². The highest BCUT2D eigenvalue weighted by atomic mass is 16.6. The van der Waals surface area contributed by atoms with Crippen molar-refractivity contribution in [3.05, 3.63) is 85.1 Å². The number of esters is 3. The van der Waals surface area contributed by atoms with Crippen LogP contribution in [0.4, 0.5) is 0 Å². The van der Waals surface area contributed by atoms with Gasteiger partial charge in [-0.2, -0.15) is 0 Å². The summed E-state index contributed by atoms with van der Waals surface area (Å²) >= 11 is 0. The Bertz CT molecular complexity index is 1500. The second-order valence-electron chi connectivity index (χ2n) is 22.7. The number of ether oxygens (including phenoxy) is 3. The first-order valence-corrected chi connectivity index (χ1v) is 34.1. The van der Waals surface area contributed by atoms with E-state index in [1.165, 1.54) is 199 Å². The molecule has 0 saturated heterocycles. The van der Waals surface area contributed by atoms with Gasteiger partial charge in [0.25, 0.3) is 0 Å². The molecule has 0 amide bonds. The maximum absolute atomic E-state index is 12.9. The second-order valence-corrected chi connectivity index (χ2v) is 22.7. The number of rotatable bonds is 62. The lowest BCUT2D eigenvalue weighted by atomic mass is 10.0. The molecule has 0 bridgehead atoms. The van der Waals surface area contributed by atoms with Gasteiger partial charge in [-0.15, -0.1) is 0 Å². The van der Waals surface area contributed by atoms with Crippen LogP contribution >= 0.6 is 0 Å². The van der Waals surface area contributed by atoms with Crippen molar-refractivity contribution < 1.29 is 28.6 Å². The summed E-state index contributed by atoms with van der Waals surface area (Å²) in [5.74, 6) is -0.878. The van der Waals surface area contributed by atoms with Crippen molar-refractivity contribution in [3.63, 3.8) is 0 Å². The minimum absolute atomic E-state index is 0.0745. The molecule has 0 aliphatic rings. The fraction of sp³-hybridized carbons (Fsp3) is 0.767. The van der Waals surface area contributed by atoms with E-state index < -0.39 is 6.10 Å². The molecule has 1 unspecified atom stereocenters. The van der Waals surface area contributed by atoms with Crippen LogP contribution in [0.3, 0.4) is 0 Å². The molecule has 1 atom stereocenters. The largest absolute Gasteiger partial charge is 0.462 e. The number of unbranched alkanes of at least 4 members (excludes halogenated alkanes) is 37. The maximum Gasteiger partial charge on any atom is 0.306 e. The van der Waals surface area contributed by atoms with Crippen LogP contribution in [0.2, 0.25) is 0 Å². The Morgan fingerprint density at radius 1 is 0.266 bits per heavy atom. The molecule has 0 heterocycles. The highest BCUT2D eigenvalue weighted by molar-refractivity contribution is 5.71. The monoisotopic (exact) mass is 1100 g/mol. The van der Waals surface area contributed by atoms with Gasteiger partial charge in [0.1, 0.15) is 13.2 Å². The number of hydrogen-bond donors (Lipinski definition) is 0. The summed E-state index contributed by atoms with van der Waals surface area (Å²) in [4.78, 5) is 38.0. The molecule has 6 heteroatoms. The van der Waals surface area contributed by atoms with Crippen molar-refractivity contribution in [2.24, 2.45) is 0 Å². The zero-order chi connectivity index (χ0) is 57.1. The smallest absolute Gasteiger partial charge is 0.306 e. The van der Waals surface area contributed by atoms with Crippen molar-refractivity contribution >= 4 is 17.9 Å². The quantitative estimate of drug-likeness (QED) is 0.0261. The van der Waals surface area contributed by atoms with E-state index in [-0.39, 0.29) is 31.1 Å². The van der Waals surface area contributed by atoms with E-state index >= 15 is 0 Å². The van der Waals surface area contributed by atoms with Crippen LogP contribution in [-0.4, -0.2) is 37.2 Å². The average molecular weight is 1100 g/mol. The van der Waals surface area contributed by atoms with Crippen molar-refractivity contribution in [2.75, 3.05) is 13.2 Å². The van der Waals surface area contributed by atoms with Gasteiger partial charge < -0.3 is 14.2 Å². The van der Waals surface area contributed by atoms with Gasteiger partial charge in [0.05, 0.1) is 0 Å². The Labute approximate surface area is 490 Å². The summed E-state index contributed by atoms with van der Waals surface area (Å²) in [5.41, 5.74) is 0. The van der Waals surface area contributed by atoms with Gasteiger partial charge >= 0.3 is 17.9 Å². The highest BCUT2D eigenvalue weighted by Crippen LogP contribution is 2.17. The van der Waals surface area contributed by atoms with E-state index in [2.05, 4.69) is 106 Å². The fourth-order valence-electron chi connectivity index (χ4n) is 9.80. The molecule has 0 saturated carbocycles. The topological polar surface area (TPSA) is 78.9 Å². The van der Waals surface area contributed by atoms with Gasteiger partial charge in [-0.05, 0) is 96.3 Å². The van der Waals surface area contributed by atoms with Gasteiger partial charge in [0.2, 0.25) is 0 Å². The van der Waals surface area contributed by atoms with Crippen LogP contribution in [0.1, 0.15) is 342 Å². The lowest BCUT2D eigenvalue weighted by Gasteiger charge is -2.18. The first-order valence-electron chi connectivity index (χ1n) is 34.1. The molecule has 456 valence electrons. The Morgan fingerprint density at radius 3 is 0.772 bits per heavy atom. The molecule has 0 aromatic rings. The SMILES string of the molecule is CC/C=C\C/C=C\C/C=C\C/C=C\C/C=C\CCCCCCCCCCCCCC(=O)OC(COC(=O)CCCCCCC)COC(=O)CCCCCCCCCCCCCCCCCCC/C=C\C/C=C\CCCCCCC. The molecular weight excluding hydrogens is 973 g/mol. The van der Waals surface area contributed by atoms with Crippen LogP contribution in [0, 0.1) is 0 Å². The third-order valence-electron chi connectivity index (χ3n) is 14.9. The van der Waals surface area contributed by atoms with Crippen molar-refractivity contribution in [1.29, 1.82) is 0 Å². The number of carbonyl (C=O) groups excluding carboxylic acids is 3. The van der Waals surface area contributed by atoms with E-state index in [0.29, 0.717) is 19.3 Å². The molecule has 0 aromatic carbocycles. The van der Waals surface area contributed by atoms with Gasteiger partial charge in [0, 0.05) is 19.3 Å². The molecule has 0 N–H and O–H groups in total. The van der Waals surface area contributed by atoms with Crippen LogP contribution in [0.5, 0.6) is 0 Å². The van der Waals surface area contributed by atoms with Crippen molar-refractivity contribution in [3.8, 4) is 0 Å². The molecular formula is C73H128O6. The Kier molecular flexibility index (Phi) is 64.2. The molecule has 0 spiro atoms. The predicted molar refractivity (Wildman–Crippen MR) is 344 cm³/mol. The Hall–Kier alpha value is -3.41. The first kappa shape index (κ1) is 75.6. The molecule has 0 radical (unpaired) electrons. The standard InChI is InChI=1S/C73H128O6/c1-4-7-10-13-15-17-19-21-23-25-27-29-31-33-35-36-38-39-41-43-45-47-49-51-53-55-57-60-63-66-72(75)78-69-70(68-77-71(74)65-62-59-12-9-6-3)79-73(76)67-64-61-58-56-54-52-50-48-46-44-42-40-37-34-32-30-28-26-24-22-20-18-16-14-11-8-5-2/h8,11,16,18-19,21-22,24-25,27-28,30,34,37,70H,4-7,9-10,12-15,17,20,23,26,29,31-33,35-36,38-69H2,1-3H3/b11-8-,18-16-,21-19-,24-22-,27-25-,30-28-,37-34-. The molecule has 0 aliphatic carbocycles. The van der Waals surface area contributed by atoms with Gasteiger partial charge in [0.15, 0.2) is 6.10 Å². The van der Waals surface area contributed by atoms with Gasteiger partial charge in [-0.3, -0.25) is 14.4 Å².